The van der Waals surface area contributed by atoms with Gasteiger partial charge in [0.25, 0.3) is 0 Å². The second-order valence-corrected chi connectivity index (χ2v) is 4.07. The number of aryl methyl sites for hydroxylation is 1. The molecular formula is C13H19ClNO3Ru. The van der Waals surface area contributed by atoms with Crippen LogP contribution in [0.2, 0.25) is 0 Å². The number of hydrogen-bond acceptors (Lipinski definition) is 4. The molecule has 0 heterocycles. The van der Waals surface area contributed by atoms with Crippen molar-refractivity contribution in [2.75, 3.05) is 6.61 Å². The number of halogens is 1. The molecule has 0 unspecified atom stereocenters. The third-order valence-corrected chi connectivity index (χ3v) is 2.16. The fourth-order valence-electron chi connectivity index (χ4n) is 0.948. The summed E-state index contributed by atoms with van der Waals surface area (Å²) in [6.45, 7) is 5.88. The standard InChI is InChI=1S/C10H13.C3H7NO3.ClH.Ru/c1-8(2)10-6-4-9(3)5-7-10;4-2(1-5)3(6)7;;/h4,6-8H,1-3H3;2,5H,1,4H2,(H,6,7);1H;/q-1;;;+3/p-2/t;2-;;/m.0../s1. The minimum atomic E-state index is -1.43. The van der Waals surface area contributed by atoms with Gasteiger partial charge in [-0.25, -0.2) is 0 Å². The zero-order valence-corrected chi connectivity index (χ0v) is 13.7. The molecule has 0 amide bonds. The van der Waals surface area contributed by atoms with E-state index >= 15 is 0 Å². The summed E-state index contributed by atoms with van der Waals surface area (Å²) in [5.74, 6) is -0.806. The Morgan fingerprint density at radius 3 is 2.26 bits per heavy atom. The molecule has 0 aromatic heterocycles. The van der Waals surface area contributed by atoms with Crippen LogP contribution in [0.3, 0.4) is 0 Å². The number of aliphatic hydroxyl groups excluding tert-OH is 1. The zero-order valence-electron chi connectivity index (χ0n) is 11.2. The average molecular weight is 374 g/mol. The van der Waals surface area contributed by atoms with E-state index in [1.165, 1.54) is 11.1 Å². The summed E-state index contributed by atoms with van der Waals surface area (Å²) in [6, 6.07) is 8.28. The Balaban J connectivity index is 0. The van der Waals surface area contributed by atoms with E-state index in [2.05, 4.69) is 54.7 Å². The molecule has 0 bridgehead atoms. The third kappa shape index (κ3) is 11.1. The molecule has 4 nitrogen and oxygen atoms in total. The molecule has 0 radical (unpaired) electrons. The molecule has 0 fully saturated rings. The van der Waals surface area contributed by atoms with Crippen LogP contribution in [0.15, 0.2) is 18.2 Å². The van der Waals surface area contributed by atoms with Gasteiger partial charge in [-0.2, -0.15) is 35.4 Å². The predicted octanol–water partition coefficient (Wildman–Crippen LogP) is 0.662. The summed E-state index contributed by atoms with van der Waals surface area (Å²) in [5, 5.41) is 17.5. The van der Waals surface area contributed by atoms with Gasteiger partial charge in [0.15, 0.2) is 0 Å². The molecule has 19 heavy (non-hydrogen) atoms. The number of rotatable bonds is 3. The van der Waals surface area contributed by atoms with Crippen molar-refractivity contribution in [3.63, 3.8) is 0 Å². The average Bonchev–Trinajstić information content (AvgIpc) is 2.41. The summed E-state index contributed by atoms with van der Waals surface area (Å²) in [6.07, 6.45) is 0. The fourth-order valence-corrected chi connectivity index (χ4v) is 0.948. The number of carbonyl (C=O) groups is 1. The molecule has 0 spiro atoms. The van der Waals surface area contributed by atoms with Crippen molar-refractivity contribution in [3.05, 3.63) is 35.4 Å². The van der Waals surface area contributed by atoms with Crippen LogP contribution in [0.1, 0.15) is 30.9 Å². The number of nitrogens with two attached hydrogens (primary N) is 1. The van der Waals surface area contributed by atoms with E-state index in [1.54, 1.807) is 0 Å². The summed E-state index contributed by atoms with van der Waals surface area (Å²) < 4.78 is 0. The van der Waals surface area contributed by atoms with Crippen LogP contribution in [0.5, 0.6) is 0 Å². The zero-order chi connectivity index (χ0) is 15.4. The Labute approximate surface area is 128 Å². The SMILES string of the molecule is Cc1[c-]cc(C(C)C)cc1.N[C@@H](CO)C(=O)[O-].[Cl][Ru+2]. The number of aliphatic carboxylic acids is 1. The van der Waals surface area contributed by atoms with Crippen molar-refractivity contribution >= 4 is 15.7 Å². The first-order chi connectivity index (χ1) is 8.88. The van der Waals surface area contributed by atoms with Crippen LogP contribution in [-0.2, 0) is 22.1 Å². The van der Waals surface area contributed by atoms with Gasteiger partial charge in [-0.15, -0.1) is 0 Å². The summed E-state index contributed by atoms with van der Waals surface area (Å²) in [5.41, 5.74) is 7.28. The normalized spacial score (nSPS) is 10.7. The van der Waals surface area contributed by atoms with Crippen LogP contribution in [-0.4, -0.2) is 23.7 Å². The van der Waals surface area contributed by atoms with E-state index in [-0.39, 0.29) is 0 Å². The predicted molar refractivity (Wildman–Crippen MR) is 70.0 cm³/mol. The van der Waals surface area contributed by atoms with Gasteiger partial charge >= 0.3 is 27.0 Å². The maximum absolute atomic E-state index is 9.53. The molecule has 0 aliphatic carbocycles. The van der Waals surface area contributed by atoms with Crippen LogP contribution >= 0.6 is 9.69 Å². The number of hydrogen-bond donors (Lipinski definition) is 2. The second kappa shape index (κ2) is 12.6. The van der Waals surface area contributed by atoms with E-state index in [0.29, 0.717) is 5.92 Å². The first-order valence-electron chi connectivity index (χ1n) is 5.57. The van der Waals surface area contributed by atoms with E-state index in [1.807, 2.05) is 17.3 Å². The molecule has 1 atom stereocenters. The molecular weight excluding hydrogens is 355 g/mol. The van der Waals surface area contributed by atoms with Gasteiger partial charge in [-0.05, 0) is 0 Å². The Morgan fingerprint density at radius 1 is 1.53 bits per heavy atom. The third-order valence-electron chi connectivity index (χ3n) is 2.16. The Kier molecular flexibility index (Phi) is 13.8. The van der Waals surface area contributed by atoms with E-state index < -0.39 is 18.6 Å². The number of benzene rings is 1. The molecule has 1 aromatic rings. The van der Waals surface area contributed by atoms with E-state index in [0.717, 1.165) is 0 Å². The quantitative estimate of drug-likeness (QED) is 0.602. The molecule has 6 heteroatoms. The van der Waals surface area contributed by atoms with Crippen molar-refractivity contribution in [2.45, 2.75) is 32.7 Å². The van der Waals surface area contributed by atoms with Gasteiger partial charge in [-0.3, -0.25) is 0 Å². The topological polar surface area (TPSA) is 86.4 Å². The molecule has 3 N–H and O–H groups in total. The van der Waals surface area contributed by atoms with Gasteiger partial charge in [0, 0.05) is 0 Å². The summed E-state index contributed by atoms with van der Waals surface area (Å²) in [4.78, 5) is 9.53. The van der Waals surface area contributed by atoms with E-state index in [4.69, 9.17) is 10.8 Å². The Bertz CT molecular complexity index is 344. The van der Waals surface area contributed by atoms with Crippen molar-refractivity contribution in [1.82, 2.24) is 0 Å². The second-order valence-electron chi connectivity index (χ2n) is 4.07. The van der Waals surface area contributed by atoms with Crippen LogP contribution in [0, 0.1) is 13.0 Å². The number of carbonyl (C=O) groups excluding carboxylic acids is 1. The molecule has 0 aliphatic heterocycles. The van der Waals surface area contributed by atoms with Crippen LogP contribution < -0.4 is 10.8 Å². The summed E-state index contributed by atoms with van der Waals surface area (Å²) in [7, 11) is 4.57. The first-order valence-corrected chi connectivity index (χ1v) is 7.81. The minimum absolute atomic E-state index is 0.567. The van der Waals surface area contributed by atoms with Gasteiger partial charge in [0.2, 0.25) is 0 Å². The monoisotopic (exact) mass is 374 g/mol. The van der Waals surface area contributed by atoms with Crippen molar-refractivity contribution in [1.29, 1.82) is 0 Å². The molecule has 0 saturated carbocycles. The van der Waals surface area contributed by atoms with Crippen molar-refractivity contribution < 1.29 is 32.3 Å². The van der Waals surface area contributed by atoms with Crippen molar-refractivity contribution in [2.24, 2.45) is 5.73 Å². The Hall–Kier alpha value is -0.477. The number of aliphatic hydroxyl groups is 1. The van der Waals surface area contributed by atoms with Gasteiger partial charge in [-0.1, -0.05) is 26.7 Å². The van der Waals surface area contributed by atoms with Crippen LogP contribution in [0.4, 0.5) is 0 Å². The number of carboxylic acid groups (broad SMARTS) is 1. The van der Waals surface area contributed by atoms with E-state index in [9.17, 15) is 9.90 Å². The maximum atomic E-state index is 9.53. The first kappa shape index (κ1) is 20.8. The van der Waals surface area contributed by atoms with Crippen molar-refractivity contribution in [3.8, 4) is 0 Å². The molecule has 1 rings (SSSR count). The molecule has 0 aliphatic rings. The van der Waals surface area contributed by atoms with Gasteiger partial charge < -0.3 is 20.7 Å². The number of carboxylic acids is 1. The molecule has 109 valence electrons. The van der Waals surface area contributed by atoms with Crippen LogP contribution in [0.25, 0.3) is 0 Å². The summed E-state index contributed by atoms with van der Waals surface area (Å²) >= 11 is 1.82. The van der Waals surface area contributed by atoms with Gasteiger partial charge in [0.1, 0.15) is 0 Å². The molecule has 1 aromatic carbocycles. The fraction of sp³-hybridized carbons (Fsp3) is 0.462. The molecule has 0 saturated heterocycles. The Morgan fingerprint density at radius 2 is 2.05 bits per heavy atom. The van der Waals surface area contributed by atoms with Gasteiger partial charge in [0.05, 0.1) is 18.6 Å².